The fourth-order valence-electron chi connectivity index (χ4n) is 2.06. The van der Waals surface area contributed by atoms with E-state index in [1.54, 1.807) is 11.3 Å². The summed E-state index contributed by atoms with van der Waals surface area (Å²) in [5.74, 6) is 0. The van der Waals surface area contributed by atoms with Gasteiger partial charge >= 0.3 is 0 Å². The van der Waals surface area contributed by atoms with Crippen LogP contribution in [0.25, 0.3) is 0 Å². The van der Waals surface area contributed by atoms with Crippen molar-refractivity contribution in [1.82, 2.24) is 15.5 Å². The lowest BCUT2D eigenvalue weighted by Crippen LogP contribution is -2.17. The topological polar surface area (TPSA) is 37.8 Å². The third-order valence-electron chi connectivity index (χ3n) is 3.21. The zero-order valence-corrected chi connectivity index (χ0v) is 12.8. The van der Waals surface area contributed by atoms with Crippen LogP contribution in [0, 0.1) is 13.8 Å². The predicted molar refractivity (Wildman–Crippen MR) is 80.7 cm³/mol. The molecule has 2 aromatic rings. The smallest absolute Gasteiger partial charge is 0.134 e. The monoisotopic (exact) mass is 275 g/mol. The maximum absolute atomic E-state index is 4.31. The van der Waals surface area contributed by atoms with E-state index in [9.17, 15) is 0 Å². The Morgan fingerprint density at radius 3 is 2.79 bits per heavy atom. The Morgan fingerprint density at radius 2 is 2.05 bits per heavy atom. The fraction of sp³-hybridized carbons (Fsp3) is 0.467. The van der Waals surface area contributed by atoms with Crippen LogP contribution >= 0.6 is 11.3 Å². The summed E-state index contributed by atoms with van der Waals surface area (Å²) in [5, 5.41) is 14.1. The highest BCUT2D eigenvalue weighted by Crippen LogP contribution is 2.21. The summed E-state index contributed by atoms with van der Waals surface area (Å²) in [6.45, 7) is 9.47. The first-order valence-corrected chi connectivity index (χ1v) is 7.53. The first-order valence-electron chi connectivity index (χ1n) is 6.72. The number of rotatable bonds is 5. The van der Waals surface area contributed by atoms with Gasteiger partial charge in [-0.15, -0.1) is 10.2 Å². The van der Waals surface area contributed by atoms with Crippen LogP contribution in [0.5, 0.6) is 0 Å². The van der Waals surface area contributed by atoms with Gasteiger partial charge in [0.2, 0.25) is 0 Å². The van der Waals surface area contributed by atoms with Gasteiger partial charge in [0.25, 0.3) is 0 Å². The van der Waals surface area contributed by atoms with Gasteiger partial charge in [-0.2, -0.15) is 0 Å². The molecule has 0 aliphatic heterocycles. The van der Waals surface area contributed by atoms with Gasteiger partial charge < -0.3 is 5.32 Å². The maximum Gasteiger partial charge on any atom is 0.134 e. The third kappa shape index (κ3) is 3.61. The fourth-order valence-corrected chi connectivity index (χ4v) is 2.95. The van der Waals surface area contributed by atoms with Crippen molar-refractivity contribution in [1.29, 1.82) is 0 Å². The van der Waals surface area contributed by atoms with E-state index in [4.69, 9.17) is 0 Å². The van der Waals surface area contributed by atoms with E-state index in [0.29, 0.717) is 0 Å². The summed E-state index contributed by atoms with van der Waals surface area (Å²) in [4.78, 5) is 0. The molecule has 0 saturated heterocycles. The molecule has 102 valence electrons. The van der Waals surface area contributed by atoms with Crippen molar-refractivity contribution in [3.05, 3.63) is 44.9 Å². The van der Waals surface area contributed by atoms with E-state index in [-0.39, 0.29) is 6.04 Å². The molecule has 0 bridgehead atoms. The van der Waals surface area contributed by atoms with E-state index in [1.807, 2.05) is 0 Å². The Bertz CT molecular complexity index is 548. The number of hydrogen-bond acceptors (Lipinski definition) is 4. The van der Waals surface area contributed by atoms with Crippen molar-refractivity contribution in [2.75, 3.05) is 6.54 Å². The molecule has 0 aliphatic carbocycles. The largest absolute Gasteiger partial charge is 0.308 e. The van der Waals surface area contributed by atoms with E-state index >= 15 is 0 Å². The number of aryl methyl sites for hydroxylation is 2. The van der Waals surface area contributed by atoms with Crippen molar-refractivity contribution < 1.29 is 0 Å². The highest BCUT2D eigenvalue weighted by molar-refractivity contribution is 7.11. The Labute approximate surface area is 119 Å². The zero-order chi connectivity index (χ0) is 13.8. The summed E-state index contributed by atoms with van der Waals surface area (Å²) in [5.41, 5.74) is 3.97. The maximum atomic E-state index is 4.31. The van der Waals surface area contributed by atoms with Gasteiger partial charge in [0.05, 0.1) is 6.04 Å². The number of nitrogens with one attached hydrogen (secondary N) is 1. The highest BCUT2D eigenvalue weighted by atomic mass is 32.1. The van der Waals surface area contributed by atoms with Crippen molar-refractivity contribution in [2.45, 2.75) is 40.2 Å². The van der Waals surface area contributed by atoms with E-state index in [0.717, 1.165) is 23.0 Å². The zero-order valence-electron chi connectivity index (χ0n) is 12.0. The molecule has 4 heteroatoms. The SMILES string of the molecule is CCNC(C)c1nnc(Cc2cc(C)ccc2C)s1. The predicted octanol–water partition coefficient (Wildman–Crippen LogP) is 3.42. The van der Waals surface area contributed by atoms with Crippen LogP contribution in [0.15, 0.2) is 18.2 Å². The average molecular weight is 275 g/mol. The van der Waals surface area contributed by atoms with Crippen LogP contribution in [0.1, 0.15) is 46.6 Å². The standard InChI is InChI=1S/C15H21N3S/c1-5-16-12(4)15-18-17-14(19-15)9-13-8-10(2)6-7-11(13)3/h6-8,12,16H,5,9H2,1-4H3. The summed E-state index contributed by atoms with van der Waals surface area (Å²) in [6.07, 6.45) is 0.879. The minimum atomic E-state index is 0.287. The van der Waals surface area contributed by atoms with Gasteiger partial charge in [-0.05, 0) is 38.4 Å². The normalized spacial score (nSPS) is 12.6. The molecule has 0 fully saturated rings. The first kappa shape index (κ1) is 14.2. The first-order chi connectivity index (χ1) is 9.10. The molecule has 1 unspecified atom stereocenters. The van der Waals surface area contributed by atoms with Gasteiger partial charge in [-0.3, -0.25) is 0 Å². The molecule has 1 heterocycles. The molecule has 19 heavy (non-hydrogen) atoms. The average Bonchev–Trinajstić information content (AvgIpc) is 2.83. The molecular weight excluding hydrogens is 254 g/mol. The molecule has 0 saturated carbocycles. The van der Waals surface area contributed by atoms with Crippen LogP contribution < -0.4 is 5.32 Å². The molecule has 1 aromatic carbocycles. The second-order valence-corrected chi connectivity index (χ2v) is 6.01. The molecular formula is C15H21N3S. The van der Waals surface area contributed by atoms with Crippen molar-refractivity contribution in [3.63, 3.8) is 0 Å². The van der Waals surface area contributed by atoms with Crippen molar-refractivity contribution in [3.8, 4) is 0 Å². The van der Waals surface area contributed by atoms with Gasteiger partial charge in [0.15, 0.2) is 0 Å². The number of aromatic nitrogens is 2. The number of benzene rings is 1. The molecule has 1 N–H and O–H groups in total. The van der Waals surface area contributed by atoms with Crippen molar-refractivity contribution >= 4 is 11.3 Å². The van der Waals surface area contributed by atoms with E-state index < -0.39 is 0 Å². The van der Waals surface area contributed by atoms with Gasteiger partial charge in [-0.1, -0.05) is 42.0 Å². The van der Waals surface area contributed by atoms with Crippen molar-refractivity contribution in [2.24, 2.45) is 0 Å². The van der Waals surface area contributed by atoms with Gasteiger partial charge in [-0.25, -0.2) is 0 Å². The number of nitrogens with zero attached hydrogens (tertiary/aromatic N) is 2. The second kappa shape index (κ2) is 6.26. The highest BCUT2D eigenvalue weighted by Gasteiger charge is 2.11. The van der Waals surface area contributed by atoms with Crippen LogP contribution in [0.2, 0.25) is 0 Å². The minimum absolute atomic E-state index is 0.287. The van der Waals surface area contributed by atoms with E-state index in [2.05, 4.69) is 61.4 Å². The third-order valence-corrected chi connectivity index (χ3v) is 4.32. The van der Waals surface area contributed by atoms with Crippen LogP contribution in [-0.2, 0) is 6.42 Å². The molecule has 0 spiro atoms. The molecule has 1 atom stereocenters. The van der Waals surface area contributed by atoms with E-state index in [1.165, 1.54) is 16.7 Å². The van der Waals surface area contributed by atoms with Crippen LogP contribution in [0.4, 0.5) is 0 Å². The second-order valence-electron chi connectivity index (χ2n) is 4.92. The summed E-state index contributed by atoms with van der Waals surface area (Å²) in [7, 11) is 0. The minimum Gasteiger partial charge on any atom is -0.308 e. The van der Waals surface area contributed by atoms with Gasteiger partial charge in [0, 0.05) is 6.42 Å². The number of hydrogen-bond donors (Lipinski definition) is 1. The van der Waals surface area contributed by atoms with Crippen LogP contribution in [0.3, 0.4) is 0 Å². The molecule has 1 aromatic heterocycles. The van der Waals surface area contributed by atoms with Crippen LogP contribution in [-0.4, -0.2) is 16.7 Å². The molecule has 0 aliphatic rings. The lowest BCUT2D eigenvalue weighted by Gasteiger charge is -2.07. The summed E-state index contributed by atoms with van der Waals surface area (Å²) < 4.78 is 0. The molecule has 2 rings (SSSR count). The quantitative estimate of drug-likeness (QED) is 0.908. The summed E-state index contributed by atoms with van der Waals surface area (Å²) >= 11 is 1.71. The lowest BCUT2D eigenvalue weighted by atomic mass is 10.0. The Kier molecular flexibility index (Phi) is 4.66. The van der Waals surface area contributed by atoms with Gasteiger partial charge in [0.1, 0.15) is 10.0 Å². The lowest BCUT2D eigenvalue weighted by molar-refractivity contribution is 0.589. The molecule has 0 amide bonds. The Balaban J connectivity index is 2.13. The molecule has 3 nitrogen and oxygen atoms in total. The Hall–Kier alpha value is -1.26. The summed E-state index contributed by atoms with van der Waals surface area (Å²) in [6, 6.07) is 6.85. The molecule has 0 radical (unpaired) electrons. The Morgan fingerprint density at radius 1 is 1.26 bits per heavy atom.